The molecule has 1 atom stereocenters. The number of hydrogen-bond donors (Lipinski definition) is 0. The summed E-state index contributed by atoms with van der Waals surface area (Å²) in [5.74, 6) is 0. The molecule has 55 heavy (non-hydrogen) atoms. The minimum Gasteiger partial charge on any atom is -0.310 e. The molecule has 2 aliphatic rings. The van der Waals surface area contributed by atoms with E-state index in [0.29, 0.717) is 0 Å². The molecule has 9 aromatic rings. The maximum Gasteiger partial charge on any atom is 0.0467 e. The lowest BCUT2D eigenvalue weighted by atomic mass is 9.74. The first-order valence-electron chi connectivity index (χ1n) is 19.3. The monoisotopic (exact) mass is 721 g/mol. The fraction of sp³-hybridized carbons (Fsp3) is 0.0943. The van der Waals surface area contributed by atoms with E-state index in [0.717, 1.165) is 17.1 Å². The summed E-state index contributed by atoms with van der Waals surface area (Å²) in [5.41, 5.74) is 17.6. The Morgan fingerprint density at radius 2 is 0.964 bits per heavy atom. The maximum atomic E-state index is 2.49. The highest BCUT2D eigenvalue weighted by atomic mass is 32.1. The number of thiophene rings is 1. The van der Waals surface area contributed by atoms with Gasteiger partial charge in [-0.05, 0) is 111 Å². The van der Waals surface area contributed by atoms with Crippen molar-refractivity contribution < 1.29 is 0 Å². The largest absolute Gasteiger partial charge is 0.310 e. The molecule has 11 rings (SSSR count). The van der Waals surface area contributed by atoms with Crippen molar-refractivity contribution in [1.82, 2.24) is 0 Å². The van der Waals surface area contributed by atoms with Crippen molar-refractivity contribution in [2.45, 2.75) is 31.6 Å². The average molecular weight is 722 g/mol. The Morgan fingerprint density at radius 3 is 1.76 bits per heavy atom. The van der Waals surface area contributed by atoms with Crippen LogP contribution in [-0.2, 0) is 10.8 Å². The molecule has 1 unspecified atom stereocenters. The van der Waals surface area contributed by atoms with E-state index >= 15 is 0 Å². The van der Waals surface area contributed by atoms with E-state index in [1.54, 1.807) is 0 Å². The zero-order chi connectivity index (χ0) is 36.9. The average Bonchev–Trinajstić information content (AvgIpc) is 3.82. The lowest BCUT2D eigenvalue weighted by Gasteiger charge is -2.31. The van der Waals surface area contributed by atoms with Crippen LogP contribution in [0.4, 0.5) is 17.1 Å². The maximum absolute atomic E-state index is 2.49. The van der Waals surface area contributed by atoms with Crippen molar-refractivity contribution in [3.63, 3.8) is 0 Å². The van der Waals surface area contributed by atoms with E-state index in [-0.39, 0.29) is 10.8 Å². The molecule has 0 radical (unpaired) electrons. The lowest BCUT2D eigenvalue weighted by molar-refractivity contribution is 0.660. The highest BCUT2D eigenvalue weighted by Crippen LogP contribution is 2.55. The van der Waals surface area contributed by atoms with E-state index in [2.05, 4.69) is 208 Å². The van der Waals surface area contributed by atoms with Gasteiger partial charge in [-0.2, -0.15) is 0 Å². The lowest BCUT2D eigenvalue weighted by Crippen LogP contribution is -2.23. The van der Waals surface area contributed by atoms with Crippen molar-refractivity contribution in [3.8, 4) is 33.4 Å². The van der Waals surface area contributed by atoms with Crippen LogP contribution in [-0.4, -0.2) is 0 Å². The van der Waals surface area contributed by atoms with Crippen LogP contribution < -0.4 is 4.90 Å². The van der Waals surface area contributed by atoms with Gasteiger partial charge in [0.15, 0.2) is 0 Å². The SMILES string of the molecule is CC1(C)c2ccccc2-c2ccc(N(c3cccc(-c4cccc5c4sc4ccccc45)c3)c3ccc4c(c3)C(C)(c3ccccc3)c3ccccc3-4)cc21. The zero-order valence-electron chi connectivity index (χ0n) is 31.2. The summed E-state index contributed by atoms with van der Waals surface area (Å²) in [6.45, 7) is 7.15. The quantitative estimate of drug-likeness (QED) is 0.171. The minimum atomic E-state index is -0.297. The Bertz CT molecular complexity index is 2990. The van der Waals surface area contributed by atoms with Crippen molar-refractivity contribution in [2.24, 2.45) is 0 Å². The number of benzene rings is 8. The molecule has 2 aliphatic carbocycles. The second kappa shape index (κ2) is 11.9. The van der Waals surface area contributed by atoms with Crippen LogP contribution in [0, 0.1) is 0 Å². The van der Waals surface area contributed by atoms with Gasteiger partial charge >= 0.3 is 0 Å². The molecule has 1 aromatic heterocycles. The van der Waals surface area contributed by atoms with E-state index in [9.17, 15) is 0 Å². The Labute approximate surface area is 326 Å². The van der Waals surface area contributed by atoms with Crippen molar-refractivity contribution in [1.29, 1.82) is 0 Å². The molecule has 0 N–H and O–H groups in total. The molecule has 8 aromatic carbocycles. The van der Waals surface area contributed by atoms with E-state index in [4.69, 9.17) is 0 Å². The first-order chi connectivity index (χ1) is 26.9. The third-order valence-corrected chi connectivity index (χ3v) is 13.8. The van der Waals surface area contributed by atoms with Gasteiger partial charge in [-0.3, -0.25) is 0 Å². The Morgan fingerprint density at radius 1 is 0.400 bits per heavy atom. The number of anilines is 3. The molecule has 262 valence electrons. The molecule has 0 bridgehead atoms. The summed E-state index contributed by atoms with van der Waals surface area (Å²) in [5, 5.41) is 2.64. The predicted octanol–water partition coefficient (Wildman–Crippen LogP) is 14.8. The minimum absolute atomic E-state index is 0.113. The highest BCUT2D eigenvalue weighted by molar-refractivity contribution is 7.26. The summed E-state index contributed by atoms with van der Waals surface area (Å²) in [6.07, 6.45) is 0. The Hall–Kier alpha value is -6.22. The number of nitrogens with zero attached hydrogens (tertiary/aromatic N) is 1. The van der Waals surface area contributed by atoms with Crippen LogP contribution in [0.5, 0.6) is 0 Å². The molecule has 0 amide bonds. The third-order valence-electron chi connectivity index (χ3n) is 12.6. The van der Waals surface area contributed by atoms with Crippen LogP contribution in [0.25, 0.3) is 53.6 Å². The highest BCUT2D eigenvalue weighted by Gasteiger charge is 2.41. The van der Waals surface area contributed by atoms with E-state index in [1.807, 2.05) is 11.3 Å². The van der Waals surface area contributed by atoms with Crippen LogP contribution in [0.1, 0.15) is 48.6 Å². The van der Waals surface area contributed by atoms with Crippen molar-refractivity contribution in [2.75, 3.05) is 4.90 Å². The molecule has 1 heterocycles. The van der Waals surface area contributed by atoms with Gasteiger partial charge in [-0.15, -0.1) is 11.3 Å². The molecule has 0 saturated heterocycles. The number of rotatable bonds is 5. The molecular formula is C53H39NS. The zero-order valence-corrected chi connectivity index (χ0v) is 32.0. The van der Waals surface area contributed by atoms with Gasteiger partial charge in [0.05, 0.1) is 0 Å². The first kappa shape index (κ1) is 32.2. The number of fused-ring (bicyclic) bond motifs is 9. The van der Waals surface area contributed by atoms with Crippen LogP contribution in [0.2, 0.25) is 0 Å². The van der Waals surface area contributed by atoms with E-state index < -0.39 is 0 Å². The predicted molar refractivity (Wildman–Crippen MR) is 234 cm³/mol. The summed E-state index contributed by atoms with van der Waals surface area (Å²) in [7, 11) is 0. The number of hydrogen-bond acceptors (Lipinski definition) is 2. The summed E-state index contributed by atoms with van der Waals surface area (Å²) in [6, 6.07) is 67.9. The second-order valence-corrected chi connectivity index (χ2v) is 16.9. The molecule has 0 saturated carbocycles. The normalized spacial score (nSPS) is 16.1. The second-order valence-electron chi connectivity index (χ2n) is 15.8. The molecule has 0 fully saturated rings. The van der Waals surface area contributed by atoms with Gasteiger partial charge in [0.25, 0.3) is 0 Å². The Kier molecular flexibility index (Phi) is 6.97. The van der Waals surface area contributed by atoms with Crippen LogP contribution in [0.3, 0.4) is 0 Å². The van der Waals surface area contributed by atoms with Gasteiger partial charge in [-0.25, -0.2) is 0 Å². The fourth-order valence-corrected chi connectivity index (χ4v) is 11.0. The Balaban J connectivity index is 1.13. The molecule has 1 nitrogen and oxygen atoms in total. The van der Waals surface area contributed by atoms with E-state index in [1.165, 1.54) is 81.4 Å². The fourth-order valence-electron chi connectivity index (χ4n) is 9.77. The standard InChI is InChI=1S/C53H39NS/c1-52(2)46-24-10-7-19-40(46)42-29-27-37(32-48(42)52)54(36-18-13-15-34(31-36)39-22-14-23-45-44-21-9-12-26-50(44)55-51(39)45)38-28-30-43-41-20-8-11-25-47(41)53(3,49(43)33-38)35-16-5-4-6-17-35/h4-33H,1-3H3. The third kappa shape index (κ3) is 4.65. The van der Waals surface area contributed by atoms with Crippen molar-refractivity contribution in [3.05, 3.63) is 210 Å². The van der Waals surface area contributed by atoms with Crippen LogP contribution >= 0.6 is 11.3 Å². The molecule has 0 spiro atoms. The molecule has 0 aliphatic heterocycles. The summed E-state index contributed by atoms with van der Waals surface area (Å²) in [4.78, 5) is 2.49. The smallest absolute Gasteiger partial charge is 0.0467 e. The molecule has 2 heteroatoms. The summed E-state index contributed by atoms with van der Waals surface area (Å²) < 4.78 is 2.66. The summed E-state index contributed by atoms with van der Waals surface area (Å²) >= 11 is 1.89. The van der Waals surface area contributed by atoms with Crippen molar-refractivity contribution >= 4 is 48.6 Å². The van der Waals surface area contributed by atoms with Gasteiger partial charge in [0.1, 0.15) is 0 Å². The van der Waals surface area contributed by atoms with Gasteiger partial charge in [0.2, 0.25) is 0 Å². The molecular weight excluding hydrogens is 683 g/mol. The topological polar surface area (TPSA) is 3.24 Å². The van der Waals surface area contributed by atoms with Crippen LogP contribution in [0.15, 0.2) is 182 Å². The van der Waals surface area contributed by atoms with Gasteiger partial charge < -0.3 is 4.90 Å². The van der Waals surface area contributed by atoms with Gasteiger partial charge in [-0.1, -0.05) is 153 Å². The van der Waals surface area contributed by atoms with Gasteiger partial charge in [0, 0.05) is 48.1 Å². The first-order valence-corrected chi connectivity index (χ1v) is 20.1.